The number of benzene rings is 1. The highest BCUT2D eigenvalue weighted by Crippen LogP contribution is 2.28. The van der Waals surface area contributed by atoms with Crippen LogP contribution in [0.25, 0.3) is 15.7 Å². The molecule has 0 spiro atoms. The average Bonchev–Trinajstić information content (AvgIpc) is 3.29. The third-order valence-corrected chi connectivity index (χ3v) is 5.87. The van der Waals surface area contributed by atoms with Gasteiger partial charge in [0.1, 0.15) is 18.4 Å². The Kier molecular flexibility index (Phi) is 3.27. The zero-order valence-electron chi connectivity index (χ0n) is 14.2. The standard InChI is InChI=1S/C19H16N4O2S/c1-12-8-15-17(26-12)9-16-19(25)23(20-11-22(15)16)10-18(24)21-7-6-13-4-2-3-5-14(13)21/h2-5,8-9,11H,6-7,10H2,1H3. The minimum Gasteiger partial charge on any atom is -0.310 e. The van der Waals surface area contributed by atoms with Crippen molar-refractivity contribution in [1.29, 1.82) is 0 Å². The third kappa shape index (κ3) is 2.20. The van der Waals surface area contributed by atoms with Crippen LogP contribution in [0, 0.1) is 6.92 Å². The number of hydrogen-bond acceptors (Lipinski definition) is 4. The second-order valence-electron chi connectivity index (χ2n) is 6.52. The quantitative estimate of drug-likeness (QED) is 0.549. The molecule has 3 aromatic heterocycles. The lowest BCUT2D eigenvalue weighted by Crippen LogP contribution is -2.36. The fourth-order valence-corrected chi connectivity index (χ4v) is 4.60. The fourth-order valence-electron chi connectivity index (χ4n) is 3.65. The molecule has 0 N–H and O–H groups in total. The molecule has 1 aromatic carbocycles. The Morgan fingerprint density at radius 1 is 1.23 bits per heavy atom. The summed E-state index contributed by atoms with van der Waals surface area (Å²) in [4.78, 5) is 28.5. The van der Waals surface area contributed by atoms with Gasteiger partial charge in [0.2, 0.25) is 5.91 Å². The lowest BCUT2D eigenvalue weighted by Gasteiger charge is -2.17. The summed E-state index contributed by atoms with van der Waals surface area (Å²) >= 11 is 1.65. The van der Waals surface area contributed by atoms with E-state index in [0.29, 0.717) is 12.1 Å². The zero-order valence-corrected chi connectivity index (χ0v) is 15.0. The van der Waals surface area contributed by atoms with Crippen molar-refractivity contribution in [2.75, 3.05) is 11.4 Å². The normalized spacial score (nSPS) is 13.7. The smallest absolute Gasteiger partial charge is 0.291 e. The third-order valence-electron chi connectivity index (χ3n) is 4.88. The van der Waals surface area contributed by atoms with Gasteiger partial charge in [-0.25, -0.2) is 4.68 Å². The van der Waals surface area contributed by atoms with Gasteiger partial charge in [0.05, 0.1) is 10.2 Å². The molecular weight excluding hydrogens is 348 g/mol. The lowest BCUT2D eigenvalue weighted by atomic mass is 10.2. The van der Waals surface area contributed by atoms with Crippen LogP contribution in [0.15, 0.2) is 47.5 Å². The fraction of sp³-hybridized carbons (Fsp3) is 0.211. The summed E-state index contributed by atoms with van der Waals surface area (Å²) in [6.07, 6.45) is 2.47. The Hall–Kier alpha value is -2.93. The minimum atomic E-state index is -0.241. The van der Waals surface area contributed by atoms with Gasteiger partial charge in [-0.15, -0.1) is 11.3 Å². The first-order chi connectivity index (χ1) is 12.6. The summed E-state index contributed by atoms with van der Waals surface area (Å²) in [5.74, 6) is -0.113. The Balaban J connectivity index is 1.51. The van der Waals surface area contributed by atoms with Crippen molar-refractivity contribution in [1.82, 2.24) is 14.2 Å². The predicted molar refractivity (Wildman–Crippen MR) is 102 cm³/mol. The number of thiophene rings is 1. The second-order valence-corrected chi connectivity index (χ2v) is 7.81. The number of amides is 1. The molecule has 130 valence electrons. The topological polar surface area (TPSA) is 59.6 Å². The van der Waals surface area contributed by atoms with Gasteiger partial charge in [0.25, 0.3) is 5.56 Å². The number of rotatable bonds is 2. The first-order valence-corrected chi connectivity index (χ1v) is 9.29. The van der Waals surface area contributed by atoms with E-state index in [0.717, 1.165) is 22.3 Å². The van der Waals surface area contributed by atoms with Crippen LogP contribution in [0.2, 0.25) is 0 Å². The molecule has 0 saturated carbocycles. The molecule has 4 aromatic rings. The molecule has 5 rings (SSSR count). The van der Waals surface area contributed by atoms with Gasteiger partial charge < -0.3 is 4.90 Å². The number of fused-ring (bicyclic) bond motifs is 4. The van der Waals surface area contributed by atoms with Crippen molar-refractivity contribution in [2.24, 2.45) is 0 Å². The molecule has 7 heteroatoms. The number of aryl methyl sites for hydroxylation is 1. The SMILES string of the molecule is Cc1cc2c(cc3c(=O)n(CC(=O)N4CCc5ccccc54)ncn32)s1. The van der Waals surface area contributed by atoms with Gasteiger partial charge in [0.15, 0.2) is 0 Å². The molecule has 0 bridgehead atoms. The zero-order chi connectivity index (χ0) is 17.8. The highest BCUT2D eigenvalue weighted by atomic mass is 32.1. The van der Waals surface area contributed by atoms with Gasteiger partial charge in [-0.3, -0.25) is 14.0 Å². The van der Waals surface area contributed by atoms with Gasteiger partial charge in [-0.05, 0) is 37.1 Å². The monoisotopic (exact) mass is 364 g/mol. The Morgan fingerprint density at radius 3 is 2.96 bits per heavy atom. The molecule has 0 aliphatic carbocycles. The maximum absolute atomic E-state index is 12.8. The maximum atomic E-state index is 12.8. The van der Waals surface area contributed by atoms with Crippen LogP contribution >= 0.6 is 11.3 Å². The highest BCUT2D eigenvalue weighted by Gasteiger charge is 2.25. The number of carbonyl (C=O) groups is 1. The molecule has 0 fully saturated rings. The first-order valence-electron chi connectivity index (χ1n) is 8.47. The van der Waals surface area contributed by atoms with E-state index < -0.39 is 0 Å². The number of aromatic nitrogens is 3. The Morgan fingerprint density at radius 2 is 2.08 bits per heavy atom. The summed E-state index contributed by atoms with van der Waals surface area (Å²) in [6.45, 7) is 2.63. The molecule has 1 aliphatic heterocycles. The summed E-state index contributed by atoms with van der Waals surface area (Å²) in [5.41, 5.74) is 3.40. The predicted octanol–water partition coefficient (Wildman–Crippen LogP) is 2.61. The van der Waals surface area contributed by atoms with Crippen molar-refractivity contribution in [3.8, 4) is 0 Å². The molecule has 6 nitrogen and oxygen atoms in total. The van der Waals surface area contributed by atoms with Crippen LogP contribution in [0.1, 0.15) is 10.4 Å². The maximum Gasteiger partial charge on any atom is 0.291 e. The van der Waals surface area contributed by atoms with E-state index in [9.17, 15) is 9.59 Å². The number of carbonyl (C=O) groups excluding carboxylic acids is 1. The van der Waals surface area contributed by atoms with E-state index in [-0.39, 0.29) is 18.0 Å². The molecular formula is C19H16N4O2S. The molecule has 0 unspecified atom stereocenters. The molecule has 0 saturated heterocycles. The van der Waals surface area contributed by atoms with Gasteiger partial charge in [-0.2, -0.15) is 5.10 Å². The highest BCUT2D eigenvalue weighted by molar-refractivity contribution is 7.19. The molecule has 26 heavy (non-hydrogen) atoms. The van der Waals surface area contributed by atoms with Crippen LogP contribution in [-0.2, 0) is 17.8 Å². The minimum absolute atomic E-state index is 0.0540. The van der Waals surface area contributed by atoms with E-state index >= 15 is 0 Å². The number of hydrogen-bond donors (Lipinski definition) is 0. The van der Waals surface area contributed by atoms with Gasteiger partial charge in [-0.1, -0.05) is 18.2 Å². The van der Waals surface area contributed by atoms with Crippen LogP contribution in [0.4, 0.5) is 5.69 Å². The molecule has 4 heterocycles. The van der Waals surface area contributed by atoms with E-state index in [4.69, 9.17) is 0 Å². The van der Waals surface area contributed by atoms with Crippen molar-refractivity contribution >= 4 is 38.7 Å². The largest absolute Gasteiger partial charge is 0.310 e. The van der Waals surface area contributed by atoms with Crippen molar-refractivity contribution in [3.63, 3.8) is 0 Å². The summed E-state index contributed by atoms with van der Waals surface area (Å²) < 4.78 is 4.11. The van der Waals surface area contributed by atoms with Crippen LogP contribution in [0.3, 0.4) is 0 Å². The van der Waals surface area contributed by atoms with Crippen LogP contribution in [-0.4, -0.2) is 26.6 Å². The Labute approximate surface area is 152 Å². The van der Waals surface area contributed by atoms with E-state index in [1.165, 1.54) is 15.1 Å². The second kappa shape index (κ2) is 5.54. The number of anilines is 1. The van der Waals surface area contributed by atoms with Gasteiger partial charge >= 0.3 is 0 Å². The van der Waals surface area contributed by atoms with E-state index in [1.807, 2.05) is 43.3 Å². The van der Waals surface area contributed by atoms with E-state index in [1.54, 1.807) is 27.0 Å². The molecule has 0 radical (unpaired) electrons. The first kappa shape index (κ1) is 15.3. The van der Waals surface area contributed by atoms with E-state index in [2.05, 4.69) is 5.10 Å². The lowest BCUT2D eigenvalue weighted by molar-refractivity contribution is -0.119. The number of para-hydroxylation sites is 1. The van der Waals surface area contributed by atoms with Crippen molar-refractivity contribution < 1.29 is 4.79 Å². The molecule has 1 aliphatic rings. The van der Waals surface area contributed by atoms with Crippen molar-refractivity contribution in [3.05, 3.63) is 63.5 Å². The Bertz CT molecular complexity index is 1230. The molecule has 1 amide bonds. The average molecular weight is 364 g/mol. The van der Waals surface area contributed by atoms with Gasteiger partial charge in [0, 0.05) is 17.1 Å². The van der Waals surface area contributed by atoms with Crippen LogP contribution < -0.4 is 10.5 Å². The summed E-state index contributed by atoms with van der Waals surface area (Å²) in [6, 6.07) is 11.8. The summed E-state index contributed by atoms with van der Waals surface area (Å²) in [5, 5.41) is 4.23. The number of nitrogens with zero attached hydrogens (tertiary/aromatic N) is 4. The molecule has 0 atom stereocenters. The van der Waals surface area contributed by atoms with Crippen molar-refractivity contribution in [2.45, 2.75) is 19.9 Å². The van der Waals surface area contributed by atoms with Crippen LogP contribution in [0.5, 0.6) is 0 Å². The summed E-state index contributed by atoms with van der Waals surface area (Å²) in [7, 11) is 0.